The first-order valence-electron chi connectivity index (χ1n) is 8.31. The van der Waals surface area contributed by atoms with Gasteiger partial charge in [-0.1, -0.05) is 26.0 Å². The van der Waals surface area contributed by atoms with Crippen molar-refractivity contribution in [2.24, 2.45) is 0 Å². The lowest BCUT2D eigenvalue weighted by atomic mass is 10.2. The van der Waals surface area contributed by atoms with Crippen molar-refractivity contribution in [1.29, 1.82) is 0 Å². The SMILES string of the molecule is CC.COc1ccc2c(c1)OCC/C=C/CCCCN(C)S2=O. The third-order valence-corrected chi connectivity index (χ3v) is 4.89. The van der Waals surface area contributed by atoms with Crippen LogP contribution in [0.15, 0.2) is 35.2 Å². The number of rotatable bonds is 1. The molecule has 23 heavy (non-hydrogen) atoms. The van der Waals surface area contributed by atoms with Gasteiger partial charge >= 0.3 is 0 Å². The molecule has 0 radical (unpaired) electrons. The van der Waals surface area contributed by atoms with Crippen molar-refractivity contribution in [2.75, 3.05) is 27.3 Å². The highest BCUT2D eigenvalue weighted by Gasteiger charge is 2.17. The average Bonchev–Trinajstić information content (AvgIpc) is 2.61. The number of methoxy groups -OCH3 is 1. The van der Waals surface area contributed by atoms with Gasteiger partial charge in [0.1, 0.15) is 22.5 Å². The lowest BCUT2D eigenvalue weighted by Crippen LogP contribution is -2.23. The molecule has 0 saturated carbocycles. The van der Waals surface area contributed by atoms with E-state index < -0.39 is 11.0 Å². The summed E-state index contributed by atoms with van der Waals surface area (Å²) in [5, 5.41) is 0. The van der Waals surface area contributed by atoms with Gasteiger partial charge < -0.3 is 9.47 Å². The van der Waals surface area contributed by atoms with Crippen LogP contribution in [-0.4, -0.2) is 35.8 Å². The highest BCUT2D eigenvalue weighted by Crippen LogP contribution is 2.29. The van der Waals surface area contributed by atoms with E-state index in [9.17, 15) is 4.21 Å². The van der Waals surface area contributed by atoms with Gasteiger partial charge in [-0.2, -0.15) is 0 Å². The van der Waals surface area contributed by atoms with Crippen LogP contribution < -0.4 is 9.47 Å². The smallest absolute Gasteiger partial charge is 0.140 e. The molecular weight excluding hydrogens is 310 g/mol. The van der Waals surface area contributed by atoms with Crippen molar-refractivity contribution in [2.45, 2.75) is 44.4 Å². The third kappa shape index (κ3) is 6.36. The van der Waals surface area contributed by atoms with Crippen molar-refractivity contribution < 1.29 is 13.7 Å². The Morgan fingerprint density at radius 2 is 1.91 bits per heavy atom. The predicted molar refractivity (Wildman–Crippen MR) is 96.5 cm³/mol. The van der Waals surface area contributed by atoms with E-state index in [4.69, 9.17) is 9.47 Å². The van der Waals surface area contributed by atoms with Crippen LogP contribution in [0.3, 0.4) is 0 Å². The van der Waals surface area contributed by atoms with Crippen LogP contribution in [0.5, 0.6) is 11.5 Å². The lowest BCUT2D eigenvalue weighted by molar-refractivity contribution is 0.313. The Labute approximate surface area is 143 Å². The summed E-state index contributed by atoms with van der Waals surface area (Å²) in [4.78, 5) is 0.710. The Morgan fingerprint density at radius 1 is 1.17 bits per heavy atom. The summed E-state index contributed by atoms with van der Waals surface area (Å²) in [6, 6.07) is 5.46. The molecule has 0 spiro atoms. The second-order valence-electron chi connectivity index (χ2n) is 5.02. The van der Waals surface area contributed by atoms with Crippen molar-refractivity contribution >= 4 is 11.0 Å². The van der Waals surface area contributed by atoms with Gasteiger partial charge in [0.25, 0.3) is 0 Å². The van der Waals surface area contributed by atoms with Gasteiger partial charge in [-0.05, 0) is 37.8 Å². The zero-order valence-corrected chi connectivity index (χ0v) is 15.5. The zero-order chi connectivity index (χ0) is 17.1. The largest absolute Gasteiger partial charge is 0.497 e. The first kappa shape index (κ1) is 19.7. The predicted octanol–water partition coefficient (Wildman–Crippen LogP) is 4.18. The molecule has 0 bridgehead atoms. The van der Waals surface area contributed by atoms with Gasteiger partial charge in [0.2, 0.25) is 0 Å². The first-order chi connectivity index (χ1) is 11.2. The quantitative estimate of drug-likeness (QED) is 0.720. The number of nitrogens with zero attached hydrogens (tertiary/aromatic N) is 1. The fraction of sp³-hybridized carbons (Fsp3) is 0.556. The molecule has 1 aromatic rings. The molecule has 1 atom stereocenters. The van der Waals surface area contributed by atoms with Gasteiger partial charge in [-0.3, -0.25) is 0 Å². The number of hydrogen-bond donors (Lipinski definition) is 0. The van der Waals surface area contributed by atoms with Crippen molar-refractivity contribution in [3.05, 3.63) is 30.4 Å². The number of hydrogen-bond acceptors (Lipinski definition) is 3. The van der Waals surface area contributed by atoms with E-state index >= 15 is 0 Å². The Bertz CT molecular complexity index is 517. The van der Waals surface area contributed by atoms with Crippen LogP contribution in [0.1, 0.15) is 39.5 Å². The summed E-state index contributed by atoms with van der Waals surface area (Å²) >= 11 is 0. The summed E-state index contributed by atoms with van der Waals surface area (Å²) in [5.74, 6) is 1.36. The minimum absolute atomic E-state index is 0.581. The van der Waals surface area contributed by atoms with Crippen molar-refractivity contribution in [3.8, 4) is 11.5 Å². The molecule has 0 fully saturated rings. The van der Waals surface area contributed by atoms with E-state index in [2.05, 4.69) is 12.2 Å². The minimum atomic E-state index is -1.20. The van der Waals surface area contributed by atoms with Crippen molar-refractivity contribution in [3.63, 3.8) is 0 Å². The Kier molecular flexibility index (Phi) is 9.64. The summed E-state index contributed by atoms with van der Waals surface area (Å²) in [5.41, 5.74) is 0. The Morgan fingerprint density at radius 3 is 2.65 bits per heavy atom. The minimum Gasteiger partial charge on any atom is -0.497 e. The molecular formula is C18H29NO3S. The number of fused-ring (bicyclic) bond motifs is 1. The van der Waals surface area contributed by atoms with Crippen molar-refractivity contribution in [1.82, 2.24) is 4.31 Å². The highest BCUT2D eigenvalue weighted by molar-refractivity contribution is 7.82. The second kappa shape index (κ2) is 11.2. The Hall–Kier alpha value is -1.33. The molecule has 1 aliphatic heterocycles. The molecule has 0 aliphatic carbocycles. The number of ether oxygens (including phenoxy) is 2. The average molecular weight is 340 g/mol. The molecule has 1 unspecified atom stereocenters. The van der Waals surface area contributed by atoms with Gasteiger partial charge in [-0.25, -0.2) is 8.51 Å². The van der Waals surface area contributed by atoms with E-state index in [0.29, 0.717) is 23.0 Å². The molecule has 4 nitrogen and oxygen atoms in total. The molecule has 1 aromatic carbocycles. The van der Waals surface area contributed by atoms with Crippen LogP contribution in [0.25, 0.3) is 0 Å². The van der Waals surface area contributed by atoms with Crippen LogP contribution in [0, 0.1) is 0 Å². The second-order valence-corrected chi connectivity index (χ2v) is 6.58. The van der Waals surface area contributed by atoms with Crippen LogP contribution in [-0.2, 0) is 11.0 Å². The lowest BCUT2D eigenvalue weighted by Gasteiger charge is -2.18. The number of allylic oxidation sites excluding steroid dienone is 1. The fourth-order valence-electron chi connectivity index (χ4n) is 2.19. The highest BCUT2D eigenvalue weighted by atomic mass is 32.2. The van der Waals surface area contributed by atoms with E-state index in [0.717, 1.165) is 32.2 Å². The molecule has 0 amide bonds. The summed E-state index contributed by atoms with van der Waals surface area (Å²) in [6.07, 6.45) is 8.44. The van der Waals surface area contributed by atoms with E-state index in [1.807, 2.05) is 43.4 Å². The van der Waals surface area contributed by atoms with Gasteiger partial charge in [0, 0.05) is 19.7 Å². The van der Waals surface area contributed by atoms with E-state index in [-0.39, 0.29) is 0 Å². The monoisotopic (exact) mass is 339 g/mol. The van der Waals surface area contributed by atoms with Gasteiger partial charge in [0.05, 0.1) is 18.6 Å². The topological polar surface area (TPSA) is 38.8 Å². The summed E-state index contributed by atoms with van der Waals surface area (Å²) < 4.78 is 25.5. The van der Waals surface area contributed by atoms with Crippen LogP contribution in [0.4, 0.5) is 0 Å². The maximum atomic E-state index is 12.6. The Balaban J connectivity index is 0.00000127. The van der Waals surface area contributed by atoms with Gasteiger partial charge in [0.15, 0.2) is 0 Å². The third-order valence-electron chi connectivity index (χ3n) is 3.42. The maximum absolute atomic E-state index is 12.6. The molecule has 1 heterocycles. The standard InChI is InChI=1S/C16H23NO3S.C2H6/c1-17-11-7-5-3-4-6-8-12-20-15-13-14(19-2)9-10-16(15)21(17)18;1-2/h4,6,9-10,13H,3,5,7-8,11-12H2,1-2H3;1-2H3/b6-4+;. The van der Waals surface area contributed by atoms with E-state index in [1.165, 1.54) is 0 Å². The summed E-state index contributed by atoms with van der Waals surface area (Å²) in [6.45, 7) is 5.39. The van der Waals surface area contributed by atoms with Crippen LogP contribution >= 0.6 is 0 Å². The molecule has 0 aromatic heterocycles. The molecule has 1 aliphatic rings. The first-order valence-corrected chi connectivity index (χ1v) is 9.42. The van der Waals surface area contributed by atoms with E-state index in [1.54, 1.807) is 7.11 Å². The molecule has 2 rings (SSSR count). The normalized spacial score (nSPS) is 21.1. The number of benzene rings is 1. The zero-order valence-electron chi connectivity index (χ0n) is 14.7. The van der Waals surface area contributed by atoms with Gasteiger partial charge in [-0.15, -0.1) is 0 Å². The molecule has 5 heteroatoms. The molecule has 0 N–H and O–H groups in total. The molecule has 130 valence electrons. The van der Waals surface area contributed by atoms with Crippen LogP contribution in [0.2, 0.25) is 0 Å². The summed E-state index contributed by atoms with van der Waals surface area (Å²) in [7, 11) is 2.30. The molecule has 0 saturated heterocycles. The fourth-order valence-corrected chi connectivity index (χ4v) is 3.30. The maximum Gasteiger partial charge on any atom is 0.140 e.